The Morgan fingerprint density at radius 1 is 1.52 bits per heavy atom. The van der Waals surface area contributed by atoms with Gasteiger partial charge in [0.15, 0.2) is 5.60 Å². The van der Waals surface area contributed by atoms with Crippen molar-refractivity contribution in [3.8, 4) is 6.07 Å². The number of urea groups is 1. The first kappa shape index (κ1) is 15.0. The van der Waals surface area contributed by atoms with Crippen LogP contribution in [0, 0.1) is 11.3 Å². The van der Waals surface area contributed by atoms with Gasteiger partial charge in [-0.05, 0) is 12.1 Å². The van der Waals surface area contributed by atoms with Gasteiger partial charge in [0, 0.05) is 10.7 Å². The molecule has 0 saturated carbocycles. The van der Waals surface area contributed by atoms with E-state index in [1.807, 2.05) is 0 Å². The highest BCUT2D eigenvalue weighted by atomic mass is 35.5. The van der Waals surface area contributed by atoms with Gasteiger partial charge in [-0.3, -0.25) is 10.1 Å². The first-order valence-corrected chi connectivity index (χ1v) is 7.00. The van der Waals surface area contributed by atoms with E-state index in [9.17, 15) is 9.59 Å². The van der Waals surface area contributed by atoms with Crippen LogP contribution in [0.1, 0.15) is 28.4 Å². The third kappa shape index (κ3) is 2.41. The highest BCUT2D eigenvalue weighted by Gasteiger charge is 2.60. The number of nitrogens with one attached hydrogen (secondary N) is 2. The van der Waals surface area contributed by atoms with Crippen LogP contribution in [0.15, 0.2) is 29.0 Å². The molecule has 1 aromatic heterocycles. The Labute approximate surface area is 135 Å². The number of amides is 3. The standard InChI is InChI=1S/C14H12ClN5O3/c15-6-3-8(14(1-2-16)10(4-6)23-14)9-5-7(11(17)21)12(19-9)20-13(18)22/h3-5,8,19H,1H2,(H2,17,21)(H3,18,20,22). The summed E-state index contributed by atoms with van der Waals surface area (Å²) < 4.78 is 5.59. The Bertz CT molecular complexity index is 819. The third-order valence-corrected chi connectivity index (χ3v) is 4.03. The van der Waals surface area contributed by atoms with Gasteiger partial charge in [-0.1, -0.05) is 17.7 Å². The monoisotopic (exact) mass is 333 g/mol. The summed E-state index contributed by atoms with van der Waals surface area (Å²) in [6.45, 7) is 0. The van der Waals surface area contributed by atoms with Crippen molar-refractivity contribution in [2.24, 2.45) is 11.5 Å². The van der Waals surface area contributed by atoms with Gasteiger partial charge >= 0.3 is 6.03 Å². The van der Waals surface area contributed by atoms with Gasteiger partial charge in [-0.25, -0.2) is 4.79 Å². The van der Waals surface area contributed by atoms with Crippen molar-refractivity contribution in [1.29, 1.82) is 5.26 Å². The van der Waals surface area contributed by atoms with E-state index in [-0.39, 0.29) is 17.8 Å². The molecule has 3 rings (SSSR count). The lowest BCUT2D eigenvalue weighted by Gasteiger charge is -2.18. The number of primary amides is 2. The van der Waals surface area contributed by atoms with Crippen molar-refractivity contribution in [2.75, 3.05) is 5.32 Å². The molecule has 0 radical (unpaired) electrons. The van der Waals surface area contributed by atoms with Crippen molar-refractivity contribution in [3.63, 3.8) is 0 Å². The number of hydrogen-bond acceptors (Lipinski definition) is 4. The van der Waals surface area contributed by atoms with Gasteiger partial charge in [0.25, 0.3) is 5.91 Å². The summed E-state index contributed by atoms with van der Waals surface area (Å²) in [7, 11) is 0. The molecule has 2 aliphatic rings. The van der Waals surface area contributed by atoms with Crippen LogP contribution in [0.4, 0.5) is 10.6 Å². The number of nitrogens with zero attached hydrogens (tertiary/aromatic N) is 1. The summed E-state index contributed by atoms with van der Waals surface area (Å²) in [6.07, 6.45) is 3.48. The number of allylic oxidation sites excluding steroid dienone is 2. The fourth-order valence-electron chi connectivity index (χ4n) is 2.76. The SMILES string of the molecule is N#CCC12OC1=CC(Cl)=CC2c1cc(C(N)=O)c(NC(N)=O)[nH]1. The number of aromatic nitrogens is 1. The number of rotatable bonds is 4. The lowest BCUT2D eigenvalue weighted by molar-refractivity contribution is 0.100. The summed E-state index contributed by atoms with van der Waals surface area (Å²) in [5, 5.41) is 11.8. The van der Waals surface area contributed by atoms with Gasteiger partial charge < -0.3 is 21.2 Å². The van der Waals surface area contributed by atoms with E-state index in [0.717, 1.165) is 0 Å². The molecule has 1 fully saturated rings. The number of anilines is 1. The molecule has 2 unspecified atom stereocenters. The second kappa shape index (κ2) is 5.07. The van der Waals surface area contributed by atoms with Gasteiger partial charge in [0.2, 0.25) is 0 Å². The zero-order valence-electron chi connectivity index (χ0n) is 11.7. The first-order valence-electron chi connectivity index (χ1n) is 6.62. The maximum absolute atomic E-state index is 11.5. The minimum atomic E-state index is -0.840. The second-order valence-corrected chi connectivity index (χ2v) is 5.67. The molecule has 0 aromatic carbocycles. The van der Waals surface area contributed by atoms with E-state index in [1.54, 1.807) is 12.2 Å². The Kier molecular flexibility index (Phi) is 3.30. The molecule has 9 heteroatoms. The molecule has 6 N–H and O–H groups in total. The third-order valence-electron chi connectivity index (χ3n) is 3.79. The number of carbonyl (C=O) groups excluding carboxylic acids is 2. The first-order chi connectivity index (χ1) is 10.9. The zero-order valence-corrected chi connectivity index (χ0v) is 12.5. The largest absolute Gasteiger partial charge is 0.477 e. The number of epoxide rings is 1. The number of aromatic amines is 1. The van der Waals surface area contributed by atoms with Crippen LogP contribution >= 0.6 is 11.6 Å². The number of ether oxygens (including phenoxy) is 1. The summed E-state index contributed by atoms with van der Waals surface area (Å²) in [6, 6.07) is 2.73. The van der Waals surface area contributed by atoms with E-state index in [1.165, 1.54) is 6.07 Å². The highest BCUT2D eigenvalue weighted by molar-refractivity contribution is 6.31. The Morgan fingerprint density at radius 2 is 2.26 bits per heavy atom. The Hall–Kier alpha value is -2.92. The van der Waals surface area contributed by atoms with E-state index in [0.29, 0.717) is 16.5 Å². The molecule has 1 aromatic rings. The van der Waals surface area contributed by atoms with Crippen molar-refractivity contribution in [1.82, 2.24) is 4.98 Å². The summed E-state index contributed by atoms with van der Waals surface area (Å²) in [5.41, 5.74) is 10.2. The van der Waals surface area contributed by atoms with Crippen LogP contribution in [-0.4, -0.2) is 22.5 Å². The van der Waals surface area contributed by atoms with Crippen molar-refractivity contribution in [2.45, 2.75) is 17.9 Å². The molecule has 8 nitrogen and oxygen atoms in total. The molecular formula is C14H12ClN5O3. The van der Waals surface area contributed by atoms with Crippen LogP contribution in [-0.2, 0) is 4.74 Å². The van der Waals surface area contributed by atoms with Gasteiger partial charge in [-0.2, -0.15) is 5.26 Å². The van der Waals surface area contributed by atoms with Crippen LogP contribution < -0.4 is 16.8 Å². The number of carbonyl (C=O) groups is 2. The molecule has 3 amide bonds. The van der Waals surface area contributed by atoms with Crippen LogP contribution in [0.3, 0.4) is 0 Å². The van der Waals surface area contributed by atoms with Crippen molar-refractivity contribution in [3.05, 3.63) is 40.3 Å². The molecule has 0 spiro atoms. The molecule has 2 heterocycles. The van der Waals surface area contributed by atoms with Crippen LogP contribution in [0.5, 0.6) is 0 Å². The smallest absolute Gasteiger partial charge is 0.317 e. The average molecular weight is 334 g/mol. The number of H-pyrrole nitrogens is 1. The van der Waals surface area contributed by atoms with Gasteiger partial charge in [0.1, 0.15) is 11.6 Å². The van der Waals surface area contributed by atoms with Crippen LogP contribution in [0.25, 0.3) is 0 Å². The average Bonchev–Trinajstić information content (AvgIpc) is 2.99. The number of fused-ring (bicyclic) bond motifs is 1. The molecule has 118 valence electrons. The maximum atomic E-state index is 11.5. The quantitative estimate of drug-likeness (QED) is 0.615. The van der Waals surface area contributed by atoms with Crippen LogP contribution in [0.2, 0.25) is 0 Å². The maximum Gasteiger partial charge on any atom is 0.317 e. The zero-order chi connectivity index (χ0) is 16.8. The predicted molar refractivity (Wildman–Crippen MR) is 81.3 cm³/mol. The number of hydrogen-bond donors (Lipinski definition) is 4. The molecular weight excluding hydrogens is 322 g/mol. The predicted octanol–water partition coefficient (Wildman–Crippen LogP) is 1.39. The number of nitrogens with two attached hydrogens (primary N) is 2. The normalized spacial score (nSPS) is 24.4. The lowest BCUT2D eigenvalue weighted by Crippen LogP contribution is -2.23. The molecule has 2 atom stereocenters. The number of halogens is 1. The second-order valence-electron chi connectivity index (χ2n) is 5.23. The summed E-state index contributed by atoms with van der Waals surface area (Å²) in [5.74, 6) is -0.454. The molecule has 23 heavy (non-hydrogen) atoms. The molecule has 1 saturated heterocycles. The molecule has 1 aliphatic heterocycles. The minimum absolute atomic E-state index is 0.0761. The topological polar surface area (TPSA) is 150 Å². The highest BCUT2D eigenvalue weighted by Crippen LogP contribution is 2.57. The minimum Gasteiger partial charge on any atom is -0.477 e. The fourth-order valence-corrected chi connectivity index (χ4v) is 2.98. The van der Waals surface area contributed by atoms with Gasteiger partial charge in [-0.15, -0.1) is 0 Å². The fraction of sp³-hybridized carbons (Fsp3) is 0.214. The number of nitriles is 1. The van der Waals surface area contributed by atoms with E-state index >= 15 is 0 Å². The van der Waals surface area contributed by atoms with E-state index in [2.05, 4.69) is 16.4 Å². The van der Waals surface area contributed by atoms with Crippen molar-refractivity contribution < 1.29 is 14.3 Å². The van der Waals surface area contributed by atoms with Crippen molar-refractivity contribution >= 4 is 29.4 Å². The van der Waals surface area contributed by atoms with E-state index < -0.39 is 23.5 Å². The Balaban J connectivity index is 2.04. The molecule has 0 bridgehead atoms. The summed E-state index contributed by atoms with van der Waals surface area (Å²) >= 11 is 6.06. The van der Waals surface area contributed by atoms with Gasteiger partial charge in [0.05, 0.1) is 24.0 Å². The Morgan fingerprint density at radius 3 is 2.87 bits per heavy atom. The molecule has 1 aliphatic carbocycles. The lowest BCUT2D eigenvalue weighted by atomic mass is 9.83. The van der Waals surface area contributed by atoms with E-state index in [4.69, 9.17) is 33.1 Å². The summed E-state index contributed by atoms with van der Waals surface area (Å²) in [4.78, 5) is 25.5.